The first-order valence-corrected chi connectivity index (χ1v) is 13.1. The van der Waals surface area contributed by atoms with Crippen LogP contribution in [0.2, 0.25) is 5.02 Å². The van der Waals surface area contributed by atoms with E-state index in [-0.39, 0.29) is 5.91 Å². The van der Waals surface area contributed by atoms with Gasteiger partial charge in [-0.2, -0.15) is 0 Å². The minimum Gasteiger partial charge on any atom is -0.486 e. The number of pyridine rings is 1. The van der Waals surface area contributed by atoms with Gasteiger partial charge in [-0.15, -0.1) is 0 Å². The third-order valence-corrected chi connectivity index (χ3v) is 6.70. The summed E-state index contributed by atoms with van der Waals surface area (Å²) in [6.45, 7) is 8.98. The molecule has 0 radical (unpaired) electrons. The molecular weight excluding hydrogens is 492 g/mol. The van der Waals surface area contributed by atoms with Gasteiger partial charge in [-0.1, -0.05) is 31.5 Å². The van der Waals surface area contributed by atoms with Gasteiger partial charge in [0, 0.05) is 50.8 Å². The Labute approximate surface area is 222 Å². The molecule has 1 atom stereocenters. The van der Waals surface area contributed by atoms with Crippen molar-refractivity contribution in [3.05, 3.63) is 71.1 Å². The van der Waals surface area contributed by atoms with E-state index >= 15 is 0 Å². The zero-order valence-corrected chi connectivity index (χ0v) is 22.1. The molecule has 1 aromatic carbocycles. The molecule has 0 N–H and O–H groups in total. The molecule has 196 valence electrons. The Balaban J connectivity index is 1.27. The molecule has 0 spiro atoms. The lowest BCUT2D eigenvalue weighted by molar-refractivity contribution is -0.151. The molecule has 4 heterocycles. The van der Waals surface area contributed by atoms with Crippen molar-refractivity contribution in [2.24, 2.45) is 5.92 Å². The topological polar surface area (TPSA) is 69.1 Å². The molecule has 0 aliphatic carbocycles. The SMILES string of the molecule is CC(C)CN(Cc1ccc2c(c1)OCCO2)C(=O)C1CN(Cc2cccn2-c2ccc(Cl)cn2)CCO1. The first-order valence-electron chi connectivity index (χ1n) is 12.8. The van der Waals surface area contributed by atoms with Gasteiger partial charge in [-0.25, -0.2) is 4.98 Å². The lowest BCUT2D eigenvalue weighted by Gasteiger charge is -2.35. The fraction of sp³-hybridized carbons (Fsp3) is 0.429. The Morgan fingerprint density at radius 1 is 1.14 bits per heavy atom. The number of amides is 1. The van der Waals surface area contributed by atoms with Crippen LogP contribution in [0.1, 0.15) is 25.1 Å². The number of nitrogens with zero attached hydrogens (tertiary/aromatic N) is 4. The van der Waals surface area contributed by atoms with E-state index in [1.807, 2.05) is 47.5 Å². The van der Waals surface area contributed by atoms with Crippen LogP contribution in [0.5, 0.6) is 11.5 Å². The first-order chi connectivity index (χ1) is 18.0. The number of fused-ring (bicyclic) bond motifs is 1. The van der Waals surface area contributed by atoms with Gasteiger partial charge in [0.05, 0.1) is 11.6 Å². The number of aromatic nitrogens is 2. The molecule has 8 nitrogen and oxygen atoms in total. The molecule has 1 unspecified atom stereocenters. The van der Waals surface area contributed by atoms with Crippen LogP contribution in [-0.4, -0.2) is 70.8 Å². The smallest absolute Gasteiger partial charge is 0.253 e. The maximum atomic E-state index is 13.7. The second-order valence-corrected chi connectivity index (χ2v) is 10.3. The van der Waals surface area contributed by atoms with Gasteiger partial charge in [-0.3, -0.25) is 9.69 Å². The molecule has 2 aliphatic rings. The molecule has 2 aromatic heterocycles. The second kappa shape index (κ2) is 11.5. The molecular formula is C28H33ClN4O4. The van der Waals surface area contributed by atoms with Crippen LogP contribution in [0.3, 0.4) is 0 Å². The van der Waals surface area contributed by atoms with Crippen molar-refractivity contribution in [3.8, 4) is 17.3 Å². The lowest BCUT2D eigenvalue weighted by atomic mass is 10.1. The highest BCUT2D eigenvalue weighted by atomic mass is 35.5. The summed E-state index contributed by atoms with van der Waals surface area (Å²) >= 11 is 6.01. The van der Waals surface area contributed by atoms with Crippen LogP contribution in [0.25, 0.3) is 5.82 Å². The van der Waals surface area contributed by atoms with Crippen molar-refractivity contribution in [1.29, 1.82) is 0 Å². The highest BCUT2D eigenvalue weighted by molar-refractivity contribution is 6.30. The summed E-state index contributed by atoms with van der Waals surface area (Å²) in [6.07, 6.45) is 3.13. The summed E-state index contributed by atoms with van der Waals surface area (Å²) in [6, 6.07) is 13.7. The Bertz CT molecular complexity index is 1210. The average molecular weight is 525 g/mol. The molecule has 9 heteroatoms. The van der Waals surface area contributed by atoms with E-state index in [1.54, 1.807) is 6.20 Å². The van der Waals surface area contributed by atoms with Gasteiger partial charge in [0.25, 0.3) is 5.91 Å². The summed E-state index contributed by atoms with van der Waals surface area (Å²) in [5, 5.41) is 0.606. The number of carbonyl (C=O) groups is 1. The maximum Gasteiger partial charge on any atom is 0.253 e. The van der Waals surface area contributed by atoms with Gasteiger partial charge >= 0.3 is 0 Å². The second-order valence-electron chi connectivity index (χ2n) is 9.89. The van der Waals surface area contributed by atoms with E-state index < -0.39 is 6.10 Å². The number of hydrogen-bond donors (Lipinski definition) is 0. The van der Waals surface area contributed by atoms with Crippen LogP contribution in [0.4, 0.5) is 0 Å². The van der Waals surface area contributed by atoms with Gasteiger partial charge in [-0.05, 0) is 47.9 Å². The number of ether oxygens (including phenoxy) is 3. The fourth-order valence-corrected chi connectivity index (χ4v) is 4.90. The predicted octanol–water partition coefficient (Wildman–Crippen LogP) is 4.18. The summed E-state index contributed by atoms with van der Waals surface area (Å²) in [4.78, 5) is 22.3. The third kappa shape index (κ3) is 6.26. The summed E-state index contributed by atoms with van der Waals surface area (Å²) in [5.41, 5.74) is 2.11. The molecule has 1 fully saturated rings. The average Bonchev–Trinajstić information content (AvgIpc) is 3.36. The van der Waals surface area contributed by atoms with Crippen LogP contribution < -0.4 is 9.47 Å². The van der Waals surface area contributed by atoms with E-state index in [0.29, 0.717) is 56.9 Å². The van der Waals surface area contributed by atoms with Gasteiger partial charge in [0.15, 0.2) is 11.5 Å². The standard InChI is InChI=1S/C28H33ClN4O4/c1-20(2)16-32(17-21-5-7-24-25(14-21)37-13-12-36-24)28(34)26-19-31(10-11-35-26)18-23-4-3-9-33(23)27-8-6-22(29)15-30-27/h3-9,14-15,20,26H,10-13,16-19H2,1-2H3. The first kappa shape index (κ1) is 25.6. The Morgan fingerprint density at radius 3 is 2.76 bits per heavy atom. The normalized spacial score (nSPS) is 17.7. The van der Waals surface area contributed by atoms with Crippen LogP contribution in [-0.2, 0) is 22.6 Å². The van der Waals surface area contributed by atoms with E-state index in [0.717, 1.165) is 35.1 Å². The fourth-order valence-electron chi connectivity index (χ4n) is 4.79. The minimum absolute atomic E-state index is 0.0167. The Hall–Kier alpha value is -3.07. The number of halogens is 1. The van der Waals surface area contributed by atoms with Crippen molar-refractivity contribution in [2.45, 2.75) is 33.0 Å². The van der Waals surface area contributed by atoms with E-state index in [4.69, 9.17) is 25.8 Å². The van der Waals surface area contributed by atoms with E-state index in [9.17, 15) is 4.79 Å². The van der Waals surface area contributed by atoms with Crippen LogP contribution in [0, 0.1) is 5.92 Å². The van der Waals surface area contributed by atoms with Crippen molar-refractivity contribution in [1.82, 2.24) is 19.4 Å². The highest BCUT2D eigenvalue weighted by Gasteiger charge is 2.31. The molecule has 5 rings (SSSR count). The van der Waals surface area contributed by atoms with Gasteiger partial charge < -0.3 is 23.7 Å². The van der Waals surface area contributed by atoms with Gasteiger partial charge in [0.1, 0.15) is 25.1 Å². The molecule has 0 bridgehead atoms. The summed E-state index contributed by atoms with van der Waals surface area (Å²) < 4.78 is 19.4. The maximum absolute atomic E-state index is 13.7. The van der Waals surface area contributed by atoms with E-state index in [2.05, 4.69) is 34.4 Å². The number of hydrogen-bond acceptors (Lipinski definition) is 6. The number of benzene rings is 1. The Kier molecular flexibility index (Phi) is 7.98. The molecule has 0 saturated carbocycles. The monoisotopic (exact) mass is 524 g/mol. The number of morpholine rings is 1. The number of carbonyl (C=O) groups excluding carboxylic acids is 1. The predicted molar refractivity (Wildman–Crippen MR) is 141 cm³/mol. The quantitative estimate of drug-likeness (QED) is 0.440. The zero-order valence-electron chi connectivity index (χ0n) is 21.3. The largest absolute Gasteiger partial charge is 0.486 e. The van der Waals surface area contributed by atoms with Crippen molar-refractivity contribution < 1.29 is 19.0 Å². The van der Waals surface area contributed by atoms with Crippen LogP contribution in [0.15, 0.2) is 54.9 Å². The van der Waals surface area contributed by atoms with Crippen molar-refractivity contribution >= 4 is 17.5 Å². The molecule has 37 heavy (non-hydrogen) atoms. The summed E-state index contributed by atoms with van der Waals surface area (Å²) in [7, 11) is 0. The van der Waals surface area contributed by atoms with E-state index in [1.165, 1.54) is 0 Å². The third-order valence-electron chi connectivity index (χ3n) is 6.48. The number of rotatable bonds is 8. The molecule has 1 saturated heterocycles. The molecule has 2 aliphatic heterocycles. The zero-order chi connectivity index (χ0) is 25.8. The lowest BCUT2D eigenvalue weighted by Crippen LogP contribution is -2.51. The molecule has 1 amide bonds. The minimum atomic E-state index is -0.512. The Morgan fingerprint density at radius 2 is 1.97 bits per heavy atom. The molecule has 3 aromatic rings. The summed E-state index contributed by atoms with van der Waals surface area (Å²) in [5.74, 6) is 2.65. The van der Waals surface area contributed by atoms with Crippen LogP contribution >= 0.6 is 11.6 Å². The van der Waals surface area contributed by atoms with Gasteiger partial charge in [0.2, 0.25) is 0 Å². The highest BCUT2D eigenvalue weighted by Crippen LogP contribution is 2.31. The van der Waals surface area contributed by atoms with Crippen molar-refractivity contribution in [3.63, 3.8) is 0 Å². The van der Waals surface area contributed by atoms with Crippen molar-refractivity contribution in [2.75, 3.05) is 39.5 Å².